The van der Waals surface area contributed by atoms with Crippen molar-refractivity contribution < 1.29 is 14.0 Å². The number of carbonyl (C=O) groups is 2. The van der Waals surface area contributed by atoms with Gasteiger partial charge in [0.2, 0.25) is 0 Å². The second-order valence-electron chi connectivity index (χ2n) is 2.05. The average Bonchev–Trinajstić information content (AvgIpc) is 2.56. The third-order valence-electron chi connectivity index (χ3n) is 1.24. The maximum atomic E-state index is 11.0. The molecule has 12 heavy (non-hydrogen) atoms. The summed E-state index contributed by atoms with van der Waals surface area (Å²) in [6.45, 7) is 0. The predicted octanol–water partition coefficient (Wildman–Crippen LogP) is 0.349. The highest BCUT2D eigenvalue weighted by atomic mass is 16.3. The van der Waals surface area contributed by atoms with Crippen LogP contribution in [0.3, 0.4) is 0 Å². The lowest BCUT2D eigenvalue weighted by Gasteiger charge is -1.98. The van der Waals surface area contributed by atoms with Gasteiger partial charge in [-0.2, -0.15) is 0 Å². The third-order valence-corrected chi connectivity index (χ3v) is 1.24. The normalized spacial score (nSPS) is 9.08. The van der Waals surface area contributed by atoms with E-state index in [4.69, 9.17) is 0 Å². The molecule has 0 aliphatic rings. The van der Waals surface area contributed by atoms with Gasteiger partial charge in [-0.25, -0.2) is 4.79 Å². The Labute approximate surface area is 68.7 Å². The Morgan fingerprint density at radius 1 is 1.50 bits per heavy atom. The second-order valence-corrected chi connectivity index (χ2v) is 2.05. The molecule has 5 nitrogen and oxygen atoms in total. The first kappa shape index (κ1) is 8.32. The van der Waals surface area contributed by atoms with Crippen LogP contribution in [0.25, 0.3) is 0 Å². The second kappa shape index (κ2) is 3.56. The van der Waals surface area contributed by atoms with Crippen LogP contribution in [-0.4, -0.2) is 19.0 Å². The topological polar surface area (TPSA) is 71.3 Å². The number of imide groups is 1. The van der Waals surface area contributed by atoms with Gasteiger partial charge in [0.25, 0.3) is 5.91 Å². The number of carbonyl (C=O) groups excluding carboxylic acids is 2. The standard InChI is InChI=1S/C7H8N2O3/c1-8-7(11)9-6(10)5-2-3-12-4-5/h2-4H,1H3,(H2,8,9,10,11). The Bertz CT molecular complexity index is 279. The molecule has 0 atom stereocenters. The first-order valence-electron chi connectivity index (χ1n) is 3.29. The molecule has 0 aliphatic heterocycles. The lowest BCUT2D eigenvalue weighted by atomic mass is 10.3. The number of nitrogens with one attached hydrogen (secondary N) is 2. The van der Waals surface area contributed by atoms with E-state index in [1.807, 2.05) is 0 Å². The van der Waals surface area contributed by atoms with E-state index in [9.17, 15) is 9.59 Å². The molecular formula is C7H8N2O3. The zero-order valence-corrected chi connectivity index (χ0v) is 6.46. The van der Waals surface area contributed by atoms with Crippen LogP contribution in [0.1, 0.15) is 10.4 Å². The Morgan fingerprint density at radius 3 is 2.75 bits per heavy atom. The van der Waals surface area contributed by atoms with Crippen LogP contribution >= 0.6 is 0 Å². The zero-order valence-electron chi connectivity index (χ0n) is 6.46. The fourth-order valence-electron chi connectivity index (χ4n) is 0.631. The van der Waals surface area contributed by atoms with Crippen LogP contribution in [0.5, 0.6) is 0 Å². The minimum absolute atomic E-state index is 0.318. The van der Waals surface area contributed by atoms with Crippen molar-refractivity contribution in [2.45, 2.75) is 0 Å². The van der Waals surface area contributed by atoms with Gasteiger partial charge in [0, 0.05) is 7.05 Å². The maximum Gasteiger partial charge on any atom is 0.321 e. The van der Waals surface area contributed by atoms with E-state index < -0.39 is 11.9 Å². The van der Waals surface area contributed by atoms with E-state index in [1.54, 1.807) is 0 Å². The van der Waals surface area contributed by atoms with Crippen LogP contribution < -0.4 is 10.6 Å². The van der Waals surface area contributed by atoms with E-state index >= 15 is 0 Å². The van der Waals surface area contributed by atoms with E-state index in [0.717, 1.165) is 0 Å². The van der Waals surface area contributed by atoms with Gasteiger partial charge in [-0.15, -0.1) is 0 Å². The van der Waals surface area contributed by atoms with Crippen LogP contribution in [0, 0.1) is 0 Å². The van der Waals surface area contributed by atoms with Crippen molar-refractivity contribution in [3.8, 4) is 0 Å². The molecular weight excluding hydrogens is 160 g/mol. The van der Waals surface area contributed by atoms with Gasteiger partial charge in [0.1, 0.15) is 6.26 Å². The molecule has 1 aromatic rings. The van der Waals surface area contributed by atoms with Crippen LogP contribution in [0.15, 0.2) is 23.0 Å². The van der Waals surface area contributed by atoms with E-state index in [2.05, 4.69) is 15.1 Å². The molecule has 0 saturated heterocycles. The summed E-state index contributed by atoms with van der Waals surface area (Å²) in [6, 6.07) is 0.930. The summed E-state index contributed by atoms with van der Waals surface area (Å²) in [5.74, 6) is -0.483. The number of hydrogen-bond donors (Lipinski definition) is 2. The van der Waals surface area contributed by atoms with E-state index in [1.165, 1.54) is 25.6 Å². The summed E-state index contributed by atoms with van der Waals surface area (Å²) in [4.78, 5) is 21.7. The van der Waals surface area contributed by atoms with Gasteiger partial charge in [0.05, 0.1) is 11.8 Å². The van der Waals surface area contributed by atoms with Crippen LogP contribution in [0.4, 0.5) is 4.79 Å². The summed E-state index contributed by atoms with van der Waals surface area (Å²) in [5, 5.41) is 4.34. The van der Waals surface area contributed by atoms with Crippen molar-refractivity contribution in [3.05, 3.63) is 24.2 Å². The molecule has 0 bridgehead atoms. The first-order valence-corrected chi connectivity index (χ1v) is 3.29. The molecule has 5 heteroatoms. The number of amides is 3. The Balaban J connectivity index is 2.56. The lowest BCUT2D eigenvalue weighted by Crippen LogP contribution is -2.37. The zero-order chi connectivity index (χ0) is 8.97. The Kier molecular flexibility index (Phi) is 2.47. The summed E-state index contributed by atoms with van der Waals surface area (Å²) in [6.07, 6.45) is 2.62. The van der Waals surface area contributed by atoms with Crippen molar-refractivity contribution in [1.82, 2.24) is 10.6 Å². The fraction of sp³-hybridized carbons (Fsp3) is 0.143. The number of urea groups is 1. The van der Waals surface area contributed by atoms with Crippen molar-refractivity contribution in [2.75, 3.05) is 7.05 Å². The van der Waals surface area contributed by atoms with Gasteiger partial charge in [-0.1, -0.05) is 0 Å². The van der Waals surface area contributed by atoms with Crippen molar-refractivity contribution in [1.29, 1.82) is 0 Å². The number of furan rings is 1. The molecule has 1 rings (SSSR count). The smallest absolute Gasteiger partial charge is 0.321 e. The highest BCUT2D eigenvalue weighted by Crippen LogP contribution is 1.98. The minimum atomic E-state index is -0.541. The first-order chi connectivity index (χ1) is 5.74. The number of hydrogen-bond acceptors (Lipinski definition) is 3. The highest BCUT2D eigenvalue weighted by molar-refractivity contribution is 6.03. The molecule has 0 aliphatic carbocycles. The molecule has 0 spiro atoms. The summed E-state index contributed by atoms with van der Waals surface area (Å²) in [5.41, 5.74) is 0.318. The summed E-state index contributed by atoms with van der Waals surface area (Å²) < 4.78 is 4.66. The molecule has 0 saturated carbocycles. The molecule has 1 aromatic heterocycles. The Hall–Kier alpha value is -1.78. The number of rotatable bonds is 1. The van der Waals surface area contributed by atoms with Crippen LogP contribution in [0.2, 0.25) is 0 Å². The quantitative estimate of drug-likeness (QED) is 0.635. The van der Waals surface area contributed by atoms with Gasteiger partial charge < -0.3 is 9.73 Å². The van der Waals surface area contributed by atoms with Crippen molar-refractivity contribution >= 4 is 11.9 Å². The largest absolute Gasteiger partial charge is 0.472 e. The average molecular weight is 168 g/mol. The molecule has 0 radical (unpaired) electrons. The molecule has 0 fully saturated rings. The molecule has 64 valence electrons. The monoisotopic (exact) mass is 168 g/mol. The Morgan fingerprint density at radius 2 is 2.25 bits per heavy atom. The molecule has 3 amide bonds. The van der Waals surface area contributed by atoms with Gasteiger partial charge in [0.15, 0.2) is 0 Å². The highest BCUT2D eigenvalue weighted by Gasteiger charge is 2.08. The van der Waals surface area contributed by atoms with E-state index in [-0.39, 0.29) is 0 Å². The molecule has 2 N–H and O–H groups in total. The minimum Gasteiger partial charge on any atom is -0.472 e. The molecule has 0 aromatic carbocycles. The third kappa shape index (κ3) is 1.85. The predicted molar refractivity (Wildman–Crippen MR) is 40.6 cm³/mol. The van der Waals surface area contributed by atoms with Crippen molar-refractivity contribution in [2.24, 2.45) is 0 Å². The van der Waals surface area contributed by atoms with Crippen LogP contribution in [-0.2, 0) is 0 Å². The lowest BCUT2D eigenvalue weighted by molar-refractivity contribution is 0.0964. The van der Waals surface area contributed by atoms with Gasteiger partial charge in [-0.05, 0) is 6.07 Å². The molecule has 1 heterocycles. The summed E-state index contributed by atoms with van der Waals surface area (Å²) >= 11 is 0. The van der Waals surface area contributed by atoms with E-state index in [0.29, 0.717) is 5.56 Å². The van der Waals surface area contributed by atoms with Crippen molar-refractivity contribution in [3.63, 3.8) is 0 Å². The fourth-order valence-corrected chi connectivity index (χ4v) is 0.631. The van der Waals surface area contributed by atoms with Gasteiger partial charge in [-0.3, -0.25) is 10.1 Å². The SMILES string of the molecule is CNC(=O)NC(=O)c1ccoc1. The van der Waals surface area contributed by atoms with Gasteiger partial charge >= 0.3 is 6.03 Å². The maximum absolute atomic E-state index is 11.0. The molecule has 0 unspecified atom stereocenters. The summed E-state index contributed by atoms with van der Waals surface area (Å²) in [7, 11) is 1.43.